The van der Waals surface area contributed by atoms with Gasteiger partial charge in [-0.3, -0.25) is 0 Å². The van der Waals surface area contributed by atoms with Gasteiger partial charge in [-0.25, -0.2) is 4.68 Å². The first-order chi connectivity index (χ1) is 14.7. The molecule has 7 nitrogen and oxygen atoms in total. The van der Waals surface area contributed by atoms with Crippen LogP contribution in [0.5, 0.6) is 17.2 Å². The first-order valence-corrected chi connectivity index (χ1v) is 10.2. The van der Waals surface area contributed by atoms with Crippen molar-refractivity contribution in [3.05, 3.63) is 66.2 Å². The summed E-state index contributed by atoms with van der Waals surface area (Å²) in [6.45, 7) is 7.77. The summed E-state index contributed by atoms with van der Waals surface area (Å²) in [6.07, 6.45) is 5.88. The lowest BCUT2D eigenvalue weighted by Gasteiger charge is -2.14. The van der Waals surface area contributed by atoms with Crippen molar-refractivity contribution < 1.29 is 14.2 Å². The van der Waals surface area contributed by atoms with E-state index in [9.17, 15) is 0 Å². The lowest BCUT2D eigenvalue weighted by molar-refractivity contribution is 0.208. The molecule has 0 fully saturated rings. The smallest absolute Gasteiger partial charge is 0.161 e. The molecule has 0 saturated heterocycles. The molecule has 0 radical (unpaired) electrons. The van der Waals surface area contributed by atoms with Crippen molar-refractivity contribution in [1.29, 1.82) is 0 Å². The highest BCUT2D eigenvalue weighted by Crippen LogP contribution is 2.28. The summed E-state index contributed by atoms with van der Waals surface area (Å²) in [5.41, 5.74) is 2.22. The summed E-state index contributed by atoms with van der Waals surface area (Å²) in [5, 5.41) is 11.7. The van der Waals surface area contributed by atoms with E-state index in [4.69, 9.17) is 14.2 Å². The van der Waals surface area contributed by atoms with E-state index in [0.717, 1.165) is 17.7 Å². The second-order valence-corrected chi connectivity index (χ2v) is 6.80. The van der Waals surface area contributed by atoms with Gasteiger partial charge in [0.05, 0.1) is 12.8 Å². The predicted octanol–water partition coefficient (Wildman–Crippen LogP) is 4.53. The summed E-state index contributed by atoms with van der Waals surface area (Å²) >= 11 is 0. The molecule has 7 heteroatoms. The Morgan fingerprint density at radius 1 is 0.933 bits per heavy atom. The predicted molar refractivity (Wildman–Crippen MR) is 117 cm³/mol. The van der Waals surface area contributed by atoms with Gasteiger partial charge in [0.15, 0.2) is 11.5 Å². The molecule has 2 aromatic carbocycles. The standard InChI is InChI=1S/C23H28N4O3/c1-4-18(3)20-7-9-21(10-8-20)29-12-13-30-22-11-6-19(14-23(22)28-5-2)15-26-27-16-24-25-17-27/h6-11,14-18H,4-5,12-13H2,1-3H3. The maximum atomic E-state index is 5.88. The average molecular weight is 409 g/mol. The molecule has 0 aliphatic heterocycles. The number of benzene rings is 2. The van der Waals surface area contributed by atoms with E-state index in [0.29, 0.717) is 37.2 Å². The van der Waals surface area contributed by atoms with Crippen LogP contribution in [0.4, 0.5) is 0 Å². The SMILES string of the molecule is CCOc1cc(C=Nn2cnnc2)ccc1OCCOc1ccc(C(C)CC)cc1. The molecule has 0 saturated carbocycles. The van der Waals surface area contributed by atoms with E-state index in [1.807, 2.05) is 37.3 Å². The molecule has 1 atom stereocenters. The van der Waals surface area contributed by atoms with Crippen molar-refractivity contribution >= 4 is 6.21 Å². The Bertz CT molecular complexity index is 924. The van der Waals surface area contributed by atoms with Crippen molar-refractivity contribution in [2.75, 3.05) is 19.8 Å². The maximum Gasteiger partial charge on any atom is 0.161 e. The molecule has 0 amide bonds. The van der Waals surface area contributed by atoms with Crippen LogP contribution in [0.3, 0.4) is 0 Å². The quantitative estimate of drug-likeness (QED) is 0.344. The number of ether oxygens (including phenoxy) is 3. The van der Waals surface area contributed by atoms with Crippen LogP contribution < -0.4 is 14.2 Å². The number of nitrogens with zero attached hydrogens (tertiary/aromatic N) is 4. The number of hydrogen-bond acceptors (Lipinski definition) is 6. The van der Waals surface area contributed by atoms with Crippen LogP contribution >= 0.6 is 0 Å². The van der Waals surface area contributed by atoms with Crippen molar-refractivity contribution in [2.45, 2.75) is 33.1 Å². The fourth-order valence-corrected chi connectivity index (χ4v) is 2.82. The van der Waals surface area contributed by atoms with Crippen LogP contribution in [0.15, 0.2) is 60.2 Å². The van der Waals surface area contributed by atoms with Crippen molar-refractivity contribution in [2.24, 2.45) is 5.10 Å². The van der Waals surface area contributed by atoms with E-state index < -0.39 is 0 Å². The third kappa shape index (κ3) is 6.07. The van der Waals surface area contributed by atoms with Crippen molar-refractivity contribution in [3.63, 3.8) is 0 Å². The highest BCUT2D eigenvalue weighted by atomic mass is 16.5. The van der Waals surface area contributed by atoms with Crippen molar-refractivity contribution in [1.82, 2.24) is 14.9 Å². The molecule has 0 spiro atoms. The fourth-order valence-electron chi connectivity index (χ4n) is 2.82. The molecule has 158 valence electrons. The Morgan fingerprint density at radius 2 is 1.67 bits per heavy atom. The summed E-state index contributed by atoms with van der Waals surface area (Å²) in [5.74, 6) is 2.75. The molecule has 0 bridgehead atoms. The fraction of sp³-hybridized carbons (Fsp3) is 0.348. The molecular weight excluding hydrogens is 380 g/mol. The van der Waals surface area contributed by atoms with Gasteiger partial charge in [-0.05, 0) is 60.7 Å². The van der Waals surface area contributed by atoms with Crippen LogP contribution in [-0.4, -0.2) is 40.9 Å². The topological polar surface area (TPSA) is 70.8 Å². The van der Waals surface area contributed by atoms with E-state index in [2.05, 4.69) is 41.3 Å². The Labute approximate surface area is 177 Å². The second kappa shape index (κ2) is 11.0. The van der Waals surface area contributed by atoms with Gasteiger partial charge in [0.25, 0.3) is 0 Å². The molecule has 1 aromatic heterocycles. The average Bonchev–Trinajstić information content (AvgIpc) is 3.30. The van der Waals surface area contributed by atoms with E-state index in [-0.39, 0.29) is 0 Å². The Kier molecular flexibility index (Phi) is 7.83. The van der Waals surface area contributed by atoms with Crippen molar-refractivity contribution in [3.8, 4) is 17.2 Å². The number of aromatic nitrogens is 3. The zero-order chi connectivity index (χ0) is 21.2. The molecule has 0 N–H and O–H groups in total. The van der Waals surface area contributed by atoms with E-state index >= 15 is 0 Å². The van der Waals surface area contributed by atoms with Gasteiger partial charge in [0, 0.05) is 0 Å². The first kappa shape index (κ1) is 21.4. The molecule has 30 heavy (non-hydrogen) atoms. The van der Waals surface area contributed by atoms with Gasteiger partial charge in [0.1, 0.15) is 31.6 Å². The Hall–Kier alpha value is -3.35. The summed E-state index contributed by atoms with van der Waals surface area (Å²) in [6, 6.07) is 13.9. The van der Waals surface area contributed by atoms with Gasteiger partial charge in [-0.1, -0.05) is 26.0 Å². The summed E-state index contributed by atoms with van der Waals surface area (Å²) in [7, 11) is 0. The van der Waals surface area contributed by atoms with Gasteiger partial charge < -0.3 is 14.2 Å². The molecule has 0 aliphatic rings. The van der Waals surface area contributed by atoms with Gasteiger partial charge in [-0.2, -0.15) is 5.10 Å². The van der Waals surface area contributed by atoms with Crippen LogP contribution in [0, 0.1) is 0 Å². The van der Waals surface area contributed by atoms with Crippen LogP contribution in [0.1, 0.15) is 44.2 Å². The minimum atomic E-state index is 0.418. The van der Waals surface area contributed by atoms with Crippen LogP contribution in [-0.2, 0) is 0 Å². The summed E-state index contributed by atoms with van der Waals surface area (Å²) < 4.78 is 18.9. The Balaban J connectivity index is 1.54. The minimum Gasteiger partial charge on any atom is -0.490 e. The highest BCUT2D eigenvalue weighted by Gasteiger charge is 2.07. The zero-order valence-electron chi connectivity index (χ0n) is 17.7. The second-order valence-electron chi connectivity index (χ2n) is 6.80. The van der Waals surface area contributed by atoms with Crippen LogP contribution in [0.25, 0.3) is 0 Å². The van der Waals surface area contributed by atoms with Gasteiger partial charge >= 0.3 is 0 Å². The van der Waals surface area contributed by atoms with Crippen LogP contribution in [0.2, 0.25) is 0 Å². The third-order valence-corrected chi connectivity index (χ3v) is 4.69. The van der Waals surface area contributed by atoms with Gasteiger partial charge in [-0.15, -0.1) is 10.2 Å². The first-order valence-electron chi connectivity index (χ1n) is 10.2. The monoisotopic (exact) mass is 408 g/mol. The summed E-state index contributed by atoms with van der Waals surface area (Å²) in [4.78, 5) is 0. The maximum absolute atomic E-state index is 5.88. The minimum absolute atomic E-state index is 0.418. The van der Waals surface area contributed by atoms with E-state index in [1.54, 1.807) is 6.21 Å². The molecule has 0 aliphatic carbocycles. The normalized spacial score (nSPS) is 12.1. The highest BCUT2D eigenvalue weighted by molar-refractivity contribution is 5.80. The molecular formula is C23H28N4O3. The number of hydrogen-bond donors (Lipinski definition) is 0. The number of rotatable bonds is 11. The molecule has 3 rings (SSSR count). The third-order valence-electron chi connectivity index (χ3n) is 4.69. The lowest BCUT2D eigenvalue weighted by atomic mass is 9.99. The lowest BCUT2D eigenvalue weighted by Crippen LogP contribution is -2.10. The Morgan fingerprint density at radius 3 is 2.37 bits per heavy atom. The largest absolute Gasteiger partial charge is 0.490 e. The molecule has 3 aromatic rings. The molecule has 1 heterocycles. The zero-order valence-corrected chi connectivity index (χ0v) is 17.7. The van der Waals surface area contributed by atoms with Gasteiger partial charge in [0.2, 0.25) is 0 Å². The molecule has 1 unspecified atom stereocenters. The van der Waals surface area contributed by atoms with E-state index in [1.165, 1.54) is 22.9 Å².